The number of carbonyl (C=O) groups is 1. The lowest BCUT2D eigenvalue weighted by atomic mass is 10.1. The molecule has 0 radical (unpaired) electrons. The predicted octanol–water partition coefficient (Wildman–Crippen LogP) is 4.28. The molecule has 1 heterocycles. The molecule has 0 saturated carbocycles. The van der Waals surface area contributed by atoms with E-state index in [1.807, 2.05) is 30.3 Å². The molecule has 0 N–H and O–H groups in total. The van der Waals surface area contributed by atoms with Gasteiger partial charge in [-0.3, -0.25) is 9.78 Å². The zero-order valence-corrected chi connectivity index (χ0v) is 12.5. The van der Waals surface area contributed by atoms with E-state index in [1.54, 1.807) is 12.3 Å². The van der Waals surface area contributed by atoms with E-state index in [9.17, 15) is 9.18 Å². The minimum absolute atomic E-state index is 0.196. The number of ketones is 1. The fourth-order valence-corrected chi connectivity index (χ4v) is 2.39. The molecule has 3 aromatic rings. The Kier molecular flexibility index (Phi) is 4.15. The zero-order chi connectivity index (χ0) is 16.2. The maximum atomic E-state index is 13.4. The number of para-hydroxylation sites is 1. The van der Waals surface area contributed by atoms with Crippen molar-refractivity contribution < 1.29 is 13.9 Å². The number of fused-ring (bicyclic) bond motifs is 1. The van der Waals surface area contributed by atoms with Crippen LogP contribution in [0.25, 0.3) is 17.0 Å². The Morgan fingerprint density at radius 2 is 2.00 bits per heavy atom. The fraction of sp³-hybridized carbons (Fsp3) is 0.0526. The molecule has 4 heteroatoms. The third-order valence-corrected chi connectivity index (χ3v) is 3.52. The number of hydrogen-bond acceptors (Lipinski definition) is 3. The van der Waals surface area contributed by atoms with Crippen molar-refractivity contribution in [2.45, 2.75) is 0 Å². The molecule has 3 nitrogen and oxygen atoms in total. The molecule has 23 heavy (non-hydrogen) atoms. The van der Waals surface area contributed by atoms with Gasteiger partial charge in [-0.2, -0.15) is 0 Å². The van der Waals surface area contributed by atoms with Crippen LogP contribution in [-0.2, 0) is 0 Å². The van der Waals surface area contributed by atoms with Gasteiger partial charge in [0, 0.05) is 11.6 Å². The molecule has 114 valence electrons. The maximum Gasteiger partial charge on any atom is 0.189 e. The molecule has 0 fully saturated rings. The molecule has 0 aliphatic rings. The lowest BCUT2D eigenvalue weighted by Gasteiger charge is -2.05. The third-order valence-electron chi connectivity index (χ3n) is 3.52. The van der Waals surface area contributed by atoms with Crippen molar-refractivity contribution in [1.29, 1.82) is 0 Å². The van der Waals surface area contributed by atoms with Crippen LogP contribution in [0.5, 0.6) is 5.75 Å². The summed E-state index contributed by atoms with van der Waals surface area (Å²) in [5, 5.41) is 0.949. The average Bonchev–Trinajstić information content (AvgIpc) is 2.59. The van der Waals surface area contributed by atoms with Gasteiger partial charge in [0.1, 0.15) is 11.6 Å². The first-order valence-corrected chi connectivity index (χ1v) is 7.09. The number of rotatable bonds is 4. The van der Waals surface area contributed by atoms with Crippen LogP contribution in [0.4, 0.5) is 4.39 Å². The summed E-state index contributed by atoms with van der Waals surface area (Å²) in [7, 11) is 1.45. The van der Waals surface area contributed by atoms with Gasteiger partial charge in [0.25, 0.3) is 0 Å². The molecular formula is C19H14FNO2. The van der Waals surface area contributed by atoms with E-state index in [0.29, 0.717) is 5.75 Å². The van der Waals surface area contributed by atoms with Gasteiger partial charge in [0.15, 0.2) is 5.78 Å². The molecule has 0 aliphatic carbocycles. The normalized spacial score (nSPS) is 11.0. The smallest absolute Gasteiger partial charge is 0.189 e. The number of nitrogens with zero attached hydrogens (tertiary/aromatic N) is 1. The molecule has 2 aromatic carbocycles. The lowest BCUT2D eigenvalue weighted by molar-refractivity contribution is 0.104. The van der Waals surface area contributed by atoms with Crippen molar-refractivity contribution >= 4 is 22.8 Å². The molecule has 0 unspecified atom stereocenters. The molecule has 3 rings (SSSR count). The van der Waals surface area contributed by atoms with Crippen molar-refractivity contribution in [1.82, 2.24) is 4.98 Å². The van der Waals surface area contributed by atoms with Crippen molar-refractivity contribution in [2.75, 3.05) is 7.11 Å². The van der Waals surface area contributed by atoms with Crippen LogP contribution in [0.15, 0.2) is 60.8 Å². The maximum absolute atomic E-state index is 13.4. The summed E-state index contributed by atoms with van der Waals surface area (Å²) in [5.41, 5.74) is 1.92. The van der Waals surface area contributed by atoms with Crippen LogP contribution in [0.2, 0.25) is 0 Å². The Balaban J connectivity index is 1.96. The quantitative estimate of drug-likeness (QED) is 0.533. The SMILES string of the molecule is COc1ccc(F)cc1C(=O)/C=C/c1ccnc2ccccc12. The van der Waals surface area contributed by atoms with Gasteiger partial charge in [-0.05, 0) is 42.0 Å². The number of carbonyl (C=O) groups excluding carboxylic acids is 1. The highest BCUT2D eigenvalue weighted by Gasteiger charge is 2.11. The number of aromatic nitrogens is 1. The summed E-state index contributed by atoms with van der Waals surface area (Å²) in [5.74, 6) is -0.445. The van der Waals surface area contributed by atoms with E-state index in [2.05, 4.69) is 4.98 Å². The highest BCUT2D eigenvalue weighted by Crippen LogP contribution is 2.22. The Bertz CT molecular complexity index is 898. The predicted molar refractivity (Wildman–Crippen MR) is 88.1 cm³/mol. The minimum Gasteiger partial charge on any atom is -0.496 e. The highest BCUT2D eigenvalue weighted by molar-refractivity contribution is 6.09. The van der Waals surface area contributed by atoms with E-state index < -0.39 is 5.82 Å². The van der Waals surface area contributed by atoms with Gasteiger partial charge in [-0.25, -0.2) is 4.39 Å². The van der Waals surface area contributed by atoms with Gasteiger partial charge >= 0.3 is 0 Å². The molecule has 0 saturated heterocycles. The second-order valence-corrected chi connectivity index (χ2v) is 4.96. The highest BCUT2D eigenvalue weighted by atomic mass is 19.1. The van der Waals surface area contributed by atoms with Crippen molar-refractivity contribution in [3.8, 4) is 5.75 Å². The number of pyridine rings is 1. The molecule has 0 atom stereocenters. The van der Waals surface area contributed by atoms with Crippen LogP contribution >= 0.6 is 0 Å². The standard InChI is InChI=1S/C19H14FNO2/c1-23-19-9-7-14(20)12-16(19)18(22)8-6-13-10-11-21-17-5-3-2-4-15(13)17/h2-12H,1H3/b8-6+. The van der Waals surface area contributed by atoms with Crippen LogP contribution in [0.1, 0.15) is 15.9 Å². The third kappa shape index (κ3) is 3.11. The van der Waals surface area contributed by atoms with Crippen LogP contribution in [0, 0.1) is 5.82 Å². The number of hydrogen-bond donors (Lipinski definition) is 0. The zero-order valence-electron chi connectivity index (χ0n) is 12.5. The number of methoxy groups -OCH3 is 1. The summed E-state index contributed by atoms with van der Waals surface area (Å²) >= 11 is 0. The second-order valence-electron chi connectivity index (χ2n) is 4.96. The van der Waals surface area contributed by atoms with Gasteiger partial charge in [-0.15, -0.1) is 0 Å². The Hall–Kier alpha value is -3.01. The Morgan fingerprint density at radius 1 is 1.17 bits per heavy atom. The second kappa shape index (κ2) is 6.40. The Labute approximate surface area is 133 Å². The van der Waals surface area contributed by atoms with E-state index in [-0.39, 0.29) is 11.3 Å². The fourth-order valence-electron chi connectivity index (χ4n) is 2.39. The monoisotopic (exact) mass is 307 g/mol. The van der Waals surface area contributed by atoms with E-state index in [0.717, 1.165) is 16.5 Å². The van der Waals surface area contributed by atoms with Crippen molar-refractivity contribution in [3.05, 3.63) is 77.7 Å². The first-order valence-electron chi connectivity index (χ1n) is 7.09. The molecule has 0 amide bonds. The van der Waals surface area contributed by atoms with Gasteiger partial charge in [-0.1, -0.05) is 24.3 Å². The molecule has 0 spiro atoms. The van der Waals surface area contributed by atoms with E-state index >= 15 is 0 Å². The minimum atomic E-state index is -0.475. The van der Waals surface area contributed by atoms with Gasteiger partial charge < -0.3 is 4.74 Å². The van der Waals surface area contributed by atoms with E-state index in [1.165, 1.54) is 31.4 Å². The lowest BCUT2D eigenvalue weighted by Crippen LogP contribution is -1.99. The molecule has 1 aromatic heterocycles. The van der Waals surface area contributed by atoms with Crippen LogP contribution in [0.3, 0.4) is 0 Å². The van der Waals surface area contributed by atoms with Crippen molar-refractivity contribution in [3.63, 3.8) is 0 Å². The van der Waals surface area contributed by atoms with Crippen LogP contribution < -0.4 is 4.74 Å². The van der Waals surface area contributed by atoms with Gasteiger partial charge in [0.05, 0.1) is 18.2 Å². The summed E-state index contributed by atoms with van der Waals surface area (Å²) in [4.78, 5) is 16.6. The summed E-state index contributed by atoms with van der Waals surface area (Å²) in [6.07, 6.45) is 4.81. The first kappa shape index (κ1) is 14.9. The number of benzene rings is 2. The first-order chi connectivity index (χ1) is 11.2. The largest absolute Gasteiger partial charge is 0.496 e. The summed E-state index contributed by atoms with van der Waals surface area (Å²) in [6.45, 7) is 0. The topological polar surface area (TPSA) is 39.2 Å². The van der Waals surface area contributed by atoms with Crippen molar-refractivity contribution in [2.24, 2.45) is 0 Å². The summed E-state index contributed by atoms with van der Waals surface area (Å²) in [6, 6.07) is 13.4. The number of allylic oxidation sites excluding steroid dienone is 1. The molecule has 0 bridgehead atoms. The number of halogens is 1. The van der Waals surface area contributed by atoms with Gasteiger partial charge in [0.2, 0.25) is 0 Å². The van der Waals surface area contributed by atoms with E-state index in [4.69, 9.17) is 4.74 Å². The van der Waals surface area contributed by atoms with Crippen LogP contribution in [-0.4, -0.2) is 17.9 Å². The average molecular weight is 307 g/mol. The molecule has 0 aliphatic heterocycles. The Morgan fingerprint density at radius 3 is 2.83 bits per heavy atom. The number of ether oxygens (including phenoxy) is 1. The molecular weight excluding hydrogens is 293 g/mol. The summed E-state index contributed by atoms with van der Waals surface area (Å²) < 4.78 is 18.5.